The van der Waals surface area contributed by atoms with Gasteiger partial charge in [0.25, 0.3) is 0 Å². The molecule has 4 rings (SSSR count). The number of carboxylic acids is 1. The lowest BCUT2D eigenvalue weighted by molar-refractivity contribution is 0.0696. The minimum atomic E-state index is -0.973. The van der Waals surface area contributed by atoms with Crippen LogP contribution in [0.15, 0.2) is 73.1 Å². The zero-order chi connectivity index (χ0) is 19.0. The van der Waals surface area contributed by atoms with Crippen molar-refractivity contribution >= 4 is 22.9 Å². The van der Waals surface area contributed by atoms with Crippen LogP contribution in [0.4, 0.5) is 0 Å². The Morgan fingerprint density at radius 2 is 1.44 bits per heavy atom. The maximum atomic E-state index is 11.2. The Labute approximate surface area is 154 Å². The van der Waals surface area contributed by atoms with Crippen LogP contribution in [0, 0.1) is 0 Å². The molecule has 132 valence electrons. The molecule has 3 N–H and O–H groups in total. The number of rotatable bonds is 4. The van der Waals surface area contributed by atoms with E-state index in [-0.39, 0.29) is 5.56 Å². The highest BCUT2D eigenvalue weighted by atomic mass is 16.4. The summed E-state index contributed by atoms with van der Waals surface area (Å²) in [6, 6.07) is 19.7. The molecule has 6 nitrogen and oxygen atoms in total. The lowest BCUT2D eigenvalue weighted by Gasteiger charge is -2.07. The van der Waals surface area contributed by atoms with Crippen LogP contribution in [-0.2, 0) is 0 Å². The quantitative estimate of drug-likeness (QED) is 0.584. The van der Waals surface area contributed by atoms with Crippen LogP contribution >= 0.6 is 0 Å². The first-order valence-corrected chi connectivity index (χ1v) is 8.24. The van der Waals surface area contributed by atoms with E-state index in [4.69, 9.17) is 5.73 Å². The maximum absolute atomic E-state index is 11.2. The summed E-state index contributed by atoms with van der Waals surface area (Å²) in [4.78, 5) is 26.7. The van der Waals surface area contributed by atoms with Gasteiger partial charge < -0.3 is 10.8 Å². The minimum Gasteiger partial charge on any atom is -0.478 e. The van der Waals surface area contributed by atoms with Gasteiger partial charge in [-0.2, -0.15) is 0 Å². The number of fused-ring (bicyclic) bond motifs is 1. The van der Waals surface area contributed by atoms with Crippen molar-refractivity contribution in [1.29, 1.82) is 0 Å². The van der Waals surface area contributed by atoms with E-state index in [2.05, 4.69) is 4.98 Å². The van der Waals surface area contributed by atoms with E-state index in [1.165, 1.54) is 0 Å². The molecular weight excluding hydrogens is 342 g/mol. The normalized spacial score (nSPS) is 10.8. The predicted octanol–water partition coefficient (Wildman–Crippen LogP) is 3.49. The average Bonchev–Trinajstić information content (AvgIpc) is 3.11. The van der Waals surface area contributed by atoms with Gasteiger partial charge in [-0.05, 0) is 53.6 Å². The van der Waals surface area contributed by atoms with Crippen LogP contribution in [0.2, 0.25) is 0 Å². The smallest absolute Gasteiger partial charge is 0.335 e. The second-order valence-electron chi connectivity index (χ2n) is 6.11. The number of carbonyl (C=O) groups excluding carboxylic acids is 1. The van der Waals surface area contributed by atoms with E-state index in [1.807, 2.05) is 41.0 Å². The second-order valence-corrected chi connectivity index (χ2v) is 6.11. The van der Waals surface area contributed by atoms with Crippen LogP contribution < -0.4 is 5.73 Å². The molecule has 4 aromatic rings. The monoisotopic (exact) mass is 357 g/mol. The topological polar surface area (TPSA) is 98.2 Å². The molecule has 0 unspecified atom stereocenters. The number of hydrogen-bond acceptors (Lipinski definition) is 3. The highest BCUT2D eigenvalue weighted by Gasteiger charge is 2.09. The molecular formula is C21H15N3O3. The van der Waals surface area contributed by atoms with Gasteiger partial charge in [-0.3, -0.25) is 9.36 Å². The number of hydrogen-bond donors (Lipinski definition) is 2. The summed E-state index contributed by atoms with van der Waals surface area (Å²) in [6.45, 7) is 0. The van der Waals surface area contributed by atoms with E-state index in [0.717, 1.165) is 27.8 Å². The fraction of sp³-hybridized carbons (Fsp3) is 0. The van der Waals surface area contributed by atoms with Crippen molar-refractivity contribution in [2.24, 2.45) is 5.73 Å². The van der Waals surface area contributed by atoms with Crippen molar-refractivity contribution in [2.45, 2.75) is 0 Å². The maximum Gasteiger partial charge on any atom is 0.335 e. The number of imidazole rings is 1. The Hall–Kier alpha value is -3.93. The molecule has 0 spiro atoms. The largest absolute Gasteiger partial charge is 0.478 e. The first-order valence-electron chi connectivity index (χ1n) is 8.24. The fourth-order valence-electron chi connectivity index (χ4n) is 2.99. The predicted molar refractivity (Wildman–Crippen MR) is 102 cm³/mol. The van der Waals surface area contributed by atoms with E-state index < -0.39 is 11.9 Å². The Morgan fingerprint density at radius 3 is 2.04 bits per heavy atom. The van der Waals surface area contributed by atoms with Gasteiger partial charge in [0.05, 0.1) is 16.6 Å². The summed E-state index contributed by atoms with van der Waals surface area (Å²) in [5.74, 6) is -1.43. The molecule has 1 amide bonds. The number of aromatic nitrogens is 2. The molecule has 0 fully saturated rings. The van der Waals surface area contributed by atoms with Gasteiger partial charge in [-0.25, -0.2) is 9.78 Å². The molecule has 0 atom stereocenters. The van der Waals surface area contributed by atoms with Crippen molar-refractivity contribution in [3.63, 3.8) is 0 Å². The van der Waals surface area contributed by atoms with Crippen LogP contribution in [0.1, 0.15) is 20.7 Å². The average molecular weight is 357 g/mol. The summed E-state index contributed by atoms with van der Waals surface area (Å²) >= 11 is 0. The molecule has 0 saturated carbocycles. The van der Waals surface area contributed by atoms with Crippen molar-refractivity contribution < 1.29 is 14.7 Å². The third kappa shape index (κ3) is 3.04. The number of nitrogens with zero attached hydrogens (tertiary/aromatic N) is 2. The molecule has 0 aliphatic rings. The van der Waals surface area contributed by atoms with E-state index >= 15 is 0 Å². The second kappa shape index (κ2) is 6.42. The van der Waals surface area contributed by atoms with Gasteiger partial charge in [0.2, 0.25) is 5.91 Å². The molecule has 0 saturated heterocycles. The van der Waals surface area contributed by atoms with Gasteiger partial charge in [-0.15, -0.1) is 0 Å². The summed E-state index contributed by atoms with van der Waals surface area (Å²) in [7, 11) is 0. The molecule has 3 aromatic carbocycles. The number of primary amides is 1. The summed E-state index contributed by atoms with van der Waals surface area (Å²) < 4.78 is 1.85. The molecule has 0 radical (unpaired) electrons. The minimum absolute atomic E-state index is 0.218. The Balaban J connectivity index is 1.70. The SMILES string of the molecule is NC(=O)c1ccc(-c2ccc(-n3cnc4ccc(C(=O)O)cc43)cc2)cc1. The first-order chi connectivity index (χ1) is 13.0. The zero-order valence-corrected chi connectivity index (χ0v) is 14.2. The lowest BCUT2D eigenvalue weighted by atomic mass is 10.0. The van der Waals surface area contributed by atoms with Crippen LogP contribution in [0.3, 0.4) is 0 Å². The summed E-state index contributed by atoms with van der Waals surface area (Å²) in [6.07, 6.45) is 1.67. The summed E-state index contributed by atoms with van der Waals surface area (Å²) in [5.41, 5.74) is 10.2. The lowest BCUT2D eigenvalue weighted by Crippen LogP contribution is -2.10. The van der Waals surface area contributed by atoms with Crippen molar-refractivity contribution in [3.05, 3.63) is 84.2 Å². The fourth-order valence-corrected chi connectivity index (χ4v) is 2.99. The number of nitrogens with two attached hydrogens (primary N) is 1. The molecule has 0 aliphatic carbocycles. The molecule has 0 aliphatic heterocycles. The van der Waals surface area contributed by atoms with E-state index in [0.29, 0.717) is 5.56 Å². The van der Waals surface area contributed by atoms with E-state index in [9.17, 15) is 14.7 Å². The molecule has 1 aromatic heterocycles. The molecule has 27 heavy (non-hydrogen) atoms. The summed E-state index contributed by atoms with van der Waals surface area (Å²) in [5, 5.41) is 9.20. The van der Waals surface area contributed by atoms with Gasteiger partial charge in [0, 0.05) is 11.3 Å². The highest BCUT2D eigenvalue weighted by Crippen LogP contribution is 2.24. The van der Waals surface area contributed by atoms with Crippen molar-refractivity contribution in [3.8, 4) is 16.8 Å². The standard InChI is InChI=1S/C21H15N3O3/c22-20(25)15-3-1-13(2-4-15)14-5-8-17(9-6-14)24-12-23-18-10-7-16(21(26)27)11-19(18)24/h1-12H,(H2,22,25)(H,26,27). The third-order valence-corrected chi connectivity index (χ3v) is 4.44. The number of carboxylic acid groups (broad SMARTS) is 1. The Kier molecular flexibility index (Phi) is 3.93. The molecule has 1 heterocycles. The van der Waals surface area contributed by atoms with Gasteiger partial charge in [0.1, 0.15) is 6.33 Å². The zero-order valence-electron chi connectivity index (χ0n) is 14.2. The molecule has 6 heteroatoms. The number of benzene rings is 3. The highest BCUT2D eigenvalue weighted by molar-refractivity contribution is 5.93. The van der Waals surface area contributed by atoms with Gasteiger partial charge in [-0.1, -0.05) is 24.3 Å². The van der Waals surface area contributed by atoms with Crippen molar-refractivity contribution in [2.75, 3.05) is 0 Å². The Morgan fingerprint density at radius 1 is 0.852 bits per heavy atom. The number of carbonyl (C=O) groups is 2. The van der Waals surface area contributed by atoms with Gasteiger partial charge >= 0.3 is 5.97 Å². The molecule has 0 bridgehead atoms. The van der Waals surface area contributed by atoms with Crippen molar-refractivity contribution in [1.82, 2.24) is 9.55 Å². The van der Waals surface area contributed by atoms with E-state index in [1.54, 1.807) is 36.7 Å². The Bertz CT molecular complexity index is 1160. The first kappa shape index (κ1) is 16.5. The van der Waals surface area contributed by atoms with Gasteiger partial charge in [0.15, 0.2) is 0 Å². The van der Waals surface area contributed by atoms with Crippen LogP contribution in [0.5, 0.6) is 0 Å². The number of amides is 1. The van der Waals surface area contributed by atoms with Crippen LogP contribution in [0.25, 0.3) is 27.8 Å². The van der Waals surface area contributed by atoms with Crippen LogP contribution in [-0.4, -0.2) is 26.5 Å². The third-order valence-electron chi connectivity index (χ3n) is 4.44. The number of aromatic carboxylic acids is 1.